The van der Waals surface area contributed by atoms with E-state index in [1.165, 1.54) is 21.3 Å². The van der Waals surface area contributed by atoms with Gasteiger partial charge in [0.1, 0.15) is 0 Å². The number of benzene rings is 1. The number of aryl methyl sites for hydroxylation is 2. The molecule has 84 valence electrons. The van der Waals surface area contributed by atoms with Crippen molar-refractivity contribution in [2.75, 3.05) is 11.9 Å². The van der Waals surface area contributed by atoms with E-state index in [9.17, 15) is 0 Å². The Bertz CT molecular complexity index is 429. The highest BCUT2D eigenvalue weighted by molar-refractivity contribution is 7.11. The summed E-state index contributed by atoms with van der Waals surface area (Å²) in [5, 5.41) is 4.61. The van der Waals surface area contributed by atoms with Crippen LogP contribution in [0.3, 0.4) is 0 Å². The number of anilines is 1. The van der Waals surface area contributed by atoms with Crippen molar-refractivity contribution in [3.8, 4) is 0 Å². The first-order valence-corrected chi connectivity index (χ1v) is 6.29. The number of aromatic nitrogens is 1. The van der Waals surface area contributed by atoms with E-state index in [1.54, 1.807) is 11.3 Å². The van der Waals surface area contributed by atoms with Gasteiger partial charge in [-0.3, -0.25) is 0 Å². The molecule has 0 saturated heterocycles. The normalized spacial score (nSPS) is 10.4. The van der Waals surface area contributed by atoms with Crippen LogP contribution in [0.25, 0.3) is 0 Å². The number of thiazole rings is 1. The molecule has 0 bridgehead atoms. The van der Waals surface area contributed by atoms with Gasteiger partial charge in [0.2, 0.25) is 0 Å². The summed E-state index contributed by atoms with van der Waals surface area (Å²) in [6, 6.07) is 10.3. The first kappa shape index (κ1) is 11.1. The summed E-state index contributed by atoms with van der Waals surface area (Å²) >= 11 is 1.80. The number of rotatable bonds is 4. The Kier molecular flexibility index (Phi) is 3.57. The zero-order valence-corrected chi connectivity index (χ0v) is 10.5. The smallest absolute Gasteiger partial charge is 0.0948 e. The second-order valence-corrected chi connectivity index (χ2v) is 5.08. The lowest BCUT2D eigenvalue weighted by atomic mass is 10.3. The summed E-state index contributed by atoms with van der Waals surface area (Å²) < 4.78 is 0. The molecule has 0 fully saturated rings. The maximum absolute atomic E-state index is 4.52. The lowest BCUT2D eigenvalue weighted by Gasteiger charge is -2.03. The third-order valence-corrected chi connectivity index (χ3v) is 3.65. The molecule has 1 aromatic heterocycles. The van der Waals surface area contributed by atoms with Crippen molar-refractivity contribution in [1.29, 1.82) is 0 Å². The molecule has 1 aromatic carbocycles. The van der Waals surface area contributed by atoms with Crippen LogP contribution in [-0.4, -0.2) is 11.5 Å². The van der Waals surface area contributed by atoms with Gasteiger partial charge >= 0.3 is 0 Å². The first-order chi connectivity index (χ1) is 7.75. The molecule has 0 radical (unpaired) electrons. The topological polar surface area (TPSA) is 24.9 Å². The molecule has 2 aromatic rings. The summed E-state index contributed by atoms with van der Waals surface area (Å²) in [6.07, 6.45) is 0.994. The van der Waals surface area contributed by atoms with E-state index in [1.807, 2.05) is 18.2 Å². The van der Waals surface area contributed by atoms with Gasteiger partial charge in [-0.2, -0.15) is 0 Å². The van der Waals surface area contributed by atoms with Crippen LogP contribution in [0.5, 0.6) is 0 Å². The van der Waals surface area contributed by atoms with Crippen molar-refractivity contribution in [3.63, 3.8) is 0 Å². The van der Waals surface area contributed by atoms with Gasteiger partial charge in [-0.25, -0.2) is 4.98 Å². The highest BCUT2D eigenvalue weighted by atomic mass is 32.1. The van der Waals surface area contributed by atoms with Crippen LogP contribution >= 0.6 is 11.3 Å². The van der Waals surface area contributed by atoms with Crippen LogP contribution < -0.4 is 5.32 Å². The number of hydrogen-bond donors (Lipinski definition) is 1. The molecule has 0 aliphatic rings. The number of para-hydroxylation sites is 1. The van der Waals surface area contributed by atoms with Gasteiger partial charge in [0.15, 0.2) is 0 Å². The maximum Gasteiger partial charge on any atom is 0.0948 e. The van der Waals surface area contributed by atoms with Crippen molar-refractivity contribution >= 4 is 17.0 Å². The molecule has 1 N–H and O–H groups in total. The third kappa shape index (κ3) is 2.83. The zero-order valence-electron chi connectivity index (χ0n) is 9.66. The Morgan fingerprint density at radius 2 is 1.94 bits per heavy atom. The minimum atomic E-state index is 0.941. The molecule has 2 nitrogen and oxygen atoms in total. The Labute approximate surface area is 100 Å². The molecule has 2 rings (SSSR count). The van der Waals surface area contributed by atoms with Crippen LogP contribution in [-0.2, 0) is 6.42 Å². The summed E-state index contributed by atoms with van der Waals surface area (Å²) in [4.78, 5) is 5.85. The fourth-order valence-corrected chi connectivity index (χ4v) is 2.45. The molecule has 0 aliphatic heterocycles. The minimum absolute atomic E-state index is 0.941. The van der Waals surface area contributed by atoms with Crippen LogP contribution in [0.1, 0.15) is 15.6 Å². The average molecular weight is 232 g/mol. The highest BCUT2D eigenvalue weighted by Crippen LogP contribution is 2.16. The summed E-state index contributed by atoms with van der Waals surface area (Å²) in [5.74, 6) is 0. The van der Waals surface area contributed by atoms with E-state index in [4.69, 9.17) is 0 Å². The number of nitrogens with zero attached hydrogens (tertiary/aromatic N) is 1. The quantitative estimate of drug-likeness (QED) is 0.873. The standard InChI is InChI=1S/C13H16N2S/c1-10-11(2)16-13(15-10)8-9-14-12-6-4-3-5-7-12/h3-7,14H,8-9H2,1-2H3. The van der Waals surface area contributed by atoms with E-state index in [0.717, 1.165) is 13.0 Å². The van der Waals surface area contributed by atoms with Crippen LogP contribution in [0.2, 0.25) is 0 Å². The molecular weight excluding hydrogens is 216 g/mol. The Balaban J connectivity index is 1.84. The summed E-state index contributed by atoms with van der Waals surface area (Å²) in [7, 11) is 0. The molecule has 0 saturated carbocycles. The molecule has 3 heteroatoms. The summed E-state index contributed by atoms with van der Waals surface area (Å²) in [6.45, 7) is 5.14. The lowest BCUT2D eigenvalue weighted by molar-refractivity contribution is 0.985. The Morgan fingerprint density at radius 3 is 2.56 bits per heavy atom. The van der Waals surface area contributed by atoms with Gasteiger partial charge in [-0.1, -0.05) is 18.2 Å². The predicted molar refractivity (Wildman–Crippen MR) is 70.2 cm³/mol. The average Bonchev–Trinajstić information content (AvgIpc) is 2.60. The van der Waals surface area contributed by atoms with E-state index in [0.29, 0.717) is 0 Å². The van der Waals surface area contributed by atoms with Gasteiger partial charge in [0, 0.05) is 23.5 Å². The maximum atomic E-state index is 4.52. The Hall–Kier alpha value is -1.35. The molecule has 0 aliphatic carbocycles. The van der Waals surface area contributed by atoms with Crippen LogP contribution in [0.15, 0.2) is 30.3 Å². The second-order valence-electron chi connectivity index (χ2n) is 3.79. The van der Waals surface area contributed by atoms with E-state index in [2.05, 4.69) is 36.3 Å². The lowest BCUT2D eigenvalue weighted by Crippen LogP contribution is -2.04. The molecule has 0 unspecified atom stereocenters. The van der Waals surface area contributed by atoms with Crippen LogP contribution in [0, 0.1) is 13.8 Å². The second kappa shape index (κ2) is 5.12. The number of hydrogen-bond acceptors (Lipinski definition) is 3. The van der Waals surface area contributed by atoms with Gasteiger partial charge < -0.3 is 5.32 Å². The van der Waals surface area contributed by atoms with Crippen molar-refractivity contribution in [3.05, 3.63) is 45.9 Å². The van der Waals surface area contributed by atoms with Crippen molar-refractivity contribution in [1.82, 2.24) is 4.98 Å². The van der Waals surface area contributed by atoms with Crippen molar-refractivity contribution in [2.45, 2.75) is 20.3 Å². The first-order valence-electron chi connectivity index (χ1n) is 5.47. The van der Waals surface area contributed by atoms with Gasteiger partial charge in [-0.15, -0.1) is 11.3 Å². The fourth-order valence-electron chi connectivity index (χ4n) is 1.52. The molecule has 1 heterocycles. The summed E-state index contributed by atoms with van der Waals surface area (Å²) in [5.41, 5.74) is 2.34. The van der Waals surface area contributed by atoms with E-state index in [-0.39, 0.29) is 0 Å². The van der Waals surface area contributed by atoms with Crippen molar-refractivity contribution < 1.29 is 0 Å². The highest BCUT2D eigenvalue weighted by Gasteiger charge is 2.02. The van der Waals surface area contributed by atoms with E-state index >= 15 is 0 Å². The molecule has 0 amide bonds. The van der Waals surface area contributed by atoms with Gasteiger partial charge in [-0.05, 0) is 26.0 Å². The molecular formula is C13H16N2S. The predicted octanol–water partition coefficient (Wildman–Crippen LogP) is 3.41. The monoisotopic (exact) mass is 232 g/mol. The van der Waals surface area contributed by atoms with Crippen LogP contribution in [0.4, 0.5) is 5.69 Å². The van der Waals surface area contributed by atoms with Gasteiger partial charge in [0.25, 0.3) is 0 Å². The molecule has 0 atom stereocenters. The van der Waals surface area contributed by atoms with E-state index < -0.39 is 0 Å². The minimum Gasteiger partial charge on any atom is -0.385 e. The van der Waals surface area contributed by atoms with Crippen molar-refractivity contribution in [2.24, 2.45) is 0 Å². The number of nitrogens with one attached hydrogen (secondary N) is 1. The largest absolute Gasteiger partial charge is 0.385 e. The SMILES string of the molecule is Cc1nc(CCNc2ccccc2)sc1C. The fraction of sp³-hybridized carbons (Fsp3) is 0.308. The Morgan fingerprint density at radius 1 is 1.19 bits per heavy atom. The zero-order chi connectivity index (χ0) is 11.4. The molecule has 0 spiro atoms. The third-order valence-electron chi connectivity index (χ3n) is 2.51. The molecule has 16 heavy (non-hydrogen) atoms. The van der Waals surface area contributed by atoms with Gasteiger partial charge in [0.05, 0.1) is 10.7 Å².